The molecular formula is C34H35ClN2O3S. The summed E-state index contributed by atoms with van der Waals surface area (Å²) in [5.74, 6) is -0.152. The molecule has 0 unspecified atom stereocenters. The Morgan fingerprint density at radius 2 is 1.61 bits per heavy atom. The van der Waals surface area contributed by atoms with Crippen molar-refractivity contribution >= 4 is 33.2 Å². The van der Waals surface area contributed by atoms with Crippen molar-refractivity contribution in [1.82, 2.24) is 5.32 Å². The van der Waals surface area contributed by atoms with Crippen LogP contribution in [0.5, 0.6) is 0 Å². The molecule has 1 aliphatic carbocycles. The van der Waals surface area contributed by atoms with E-state index >= 15 is 0 Å². The monoisotopic (exact) mass is 586 g/mol. The number of hydrogen-bond donors (Lipinski definition) is 1. The number of hydrogen-bond acceptors (Lipinski definition) is 3. The fraction of sp³-hybridized carbons (Fsp3) is 0.265. The van der Waals surface area contributed by atoms with E-state index in [1.54, 1.807) is 54.6 Å². The van der Waals surface area contributed by atoms with E-state index in [4.69, 9.17) is 11.6 Å². The van der Waals surface area contributed by atoms with Crippen LogP contribution >= 0.6 is 11.6 Å². The molecule has 1 atom stereocenters. The van der Waals surface area contributed by atoms with Crippen LogP contribution < -0.4 is 9.62 Å². The second-order valence-electron chi connectivity index (χ2n) is 10.6. The lowest BCUT2D eigenvalue weighted by Gasteiger charge is -2.26. The van der Waals surface area contributed by atoms with E-state index in [1.807, 2.05) is 25.1 Å². The Hall–Kier alpha value is -3.61. The molecule has 0 aromatic heterocycles. The number of rotatable bonds is 9. The summed E-state index contributed by atoms with van der Waals surface area (Å²) in [6.07, 6.45) is 5.47. The highest BCUT2D eigenvalue weighted by Gasteiger charge is 2.27. The summed E-state index contributed by atoms with van der Waals surface area (Å²) in [6.45, 7) is 4.03. The maximum Gasteiger partial charge on any atom is 0.264 e. The Kier molecular flexibility index (Phi) is 8.81. The number of halogens is 1. The lowest BCUT2D eigenvalue weighted by molar-refractivity contribution is 0.0935. The van der Waals surface area contributed by atoms with Crippen LogP contribution in [0.4, 0.5) is 5.69 Å². The third kappa shape index (κ3) is 6.50. The Balaban J connectivity index is 1.37. The highest BCUT2D eigenvalue weighted by atomic mass is 35.5. The average Bonchev–Trinajstić information content (AvgIpc) is 3.00. The van der Waals surface area contributed by atoms with Crippen molar-refractivity contribution in [3.8, 4) is 0 Å². The molecule has 4 aromatic carbocycles. The van der Waals surface area contributed by atoms with E-state index < -0.39 is 10.0 Å². The summed E-state index contributed by atoms with van der Waals surface area (Å²) < 4.78 is 28.9. The highest BCUT2D eigenvalue weighted by Crippen LogP contribution is 2.31. The average molecular weight is 587 g/mol. The van der Waals surface area contributed by atoms with Gasteiger partial charge < -0.3 is 5.32 Å². The maximum absolute atomic E-state index is 13.8. The van der Waals surface area contributed by atoms with Gasteiger partial charge in [-0.2, -0.15) is 0 Å². The summed E-state index contributed by atoms with van der Waals surface area (Å²) in [7, 11) is -3.88. The molecule has 0 saturated carbocycles. The number of sulfonamides is 1. The number of anilines is 1. The van der Waals surface area contributed by atoms with Gasteiger partial charge in [-0.15, -0.1) is 0 Å². The van der Waals surface area contributed by atoms with Crippen LogP contribution in [0.2, 0.25) is 5.02 Å². The largest absolute Gasteiger partial charge is 0.345 e. The smallest absolute Gasteiger partial charge is 0.264 e. The molecule has 5 nitrogen and oxygen atoms in total. The molecule has 41 heavy (non-hydrogen) atoms. The SMILES string of the molecule is CC[C@@H](NC(=O)c1ccc(CN(c2cc(Cl)ccc2C)S(=O)(=O)c2ccccc2)cc1)c1ccc2c(c1)CCCC2. The zero-order chi connectivity index (χ0) is 29.0. The van der Waals surface area contributed by atoms with E-state index in [2.05, 4.69) is 30.4 Å². The van der Waals surface area contributed by atoms with Crippen molar-refractivity contribution in [3.63, 3.8) is 0 Å². The fourth-order valence-electron chi connectivity index (χ4n) is 5.43. The topological polar surface area (TPSA) is 66.5 Å². The van der Waals surface area contributed by atoms with Gasteiger partial charge in [0.15, 0.2) is 0 Å². The number of nitrogens with zero attached hydrogens (tertiary/aromatic N) is 1. The molecule has 1 N–H and O–H groups in total. The molecule has 0 fully saturated rings. The van der Waals surface area contributed by atoms with Crippen LogP contribution in [0, 0.1) is 6.92 Å². The quantitative estimate of drug-likeness (QED) is 0.217. The molecule has 0 heterocycles. The molecule has 1 aliphatic rings. The molecule has 0 spiro atoms. The highest BCUT2D eigenvalue weighted by molar-refractivity contribution is 7.92. The Labute approximate surface area is 248 Å². The first kappa shape index (κ1) is 28.9. The van der Waals surface area contributed by atoms with E-state index in [-0.39, 0.29) is 23.4 Å². The van der Waals surface area contributed by atoms with Crippen LogP contribution in [0.25, 0.3) is 0 Å². The van der Waals surface area contributed by atoms with E-state index in [1.165, 1.54) is 28.3 Å². The molecule has 0 aliphatic heterocycles. The Morgan fingerprint density at radius 1 is 0.902 bits per heavy atom. The van der Waals surface area contributed by atoms with Crippen LogP contribution in [-0.2, 0) is 29.4 Å². The predicted molar refractivity (Wildman–Crippen MR) is 166 cm³/mol. The summed E-state index contributed by atoms with van der Waals surface area (Å²) in [5.41, 5.74) is 6.54. The lowest BCUT2D eigenvalue weighted by Crippen LogP contribution is -2.31. The Morgan fingerprint density at radius 3 is 2.32 bits per heavy atom. The van der Waals surface area contributed by atoms with Gasteiger partial charge in [-0.25, -0.2) is 8.42 Å². The Bertz CT molecular complexity index is 1640. The van der Waals surface area contributed by atoms with Crippen molar-refractivity contribution < 1.29 is 13.2 Å². The standard InChI is InChI=1S/C34H35ClN2O3S/c1-3-32(29-19-18-26-9-7-8-10-28(26)21-29)36-34(38)27-16-14-25(15-17-27)23-37(33-22-30(35)20-13-24(33)2)41(39,40)31-11-5-4-6-12-31/h4-6,11-22,32H,3,7-10,23H2,1-2H3,(H,36,38)/t32-/m1/s1. The van der Waals surface area contributed by atoms with Gasteiger partial charge in [0.25, 0.3) is 15.9 Å². The van der Waals surface area contributed by atoms with Crippen LogP contribution in [0.3, 0.4) is 0 Å². The van der Waals surface area contributed by atoms with E-state index in [9.17, 15) is 13.2 Å². The summed E-state index contributed by atoms with van der Waals surface area (Å²) in [4.78, 5) is 13.4. The second kappa shape index (κ2) is 12.5. The molecular weight excluding hydrogens is 552 g/mol. The van der Waals surface area contributed by atoms with Gasteiger partial charge in [0.05, 0.1) is 23.2 Å². The van der Waals surface area contributed by atoms with Gasteiger partial charge >= 0.3 is 0 Å². The van der Waals surface area contributed by atoms with Crippen molar-refractivity contribution in [1.29, 1.82) is 0 Å². The molecule has 7 heteroatoms. The van der Waals surface area contributed by atoms with Gasteiger partial charge in [-0.3, -0.25) is 9.10 Å². The zero-order valence-corrected chi connectivity index (χ0v) is 25.0. The summed E-state index contributed by atoms with van der Waals surface area (Å²) >= 11 is 6.28. The third-order valence-corrected chi connectivity index (χ3v) is 9.81. The number of benzene rings is 4. The number of fused-ring (bicyclic) bond motifs is 1. The van der Waals surface area contributed by atoms with Gasteiger partial charge in [-0.05, 0) is 103 Å². The van der Waals surface area contributed by atoms with Gasteiger partial charge in [0, 0.05) is 10.6 Å². The van der Waals surface area contributed by atoms with E-state index in [0.29, 0.717) is 16.3 Å². The molecule has 0 saturated heterocycles. The van der Waals surface area contributed by atoms with Crippen molar-refractivity contribution in [2.75, 3.05) is 4.31 Å². The zero-order valence-electron chi connectivity index (χ0n) is 23.4. The van der Waals surface area contributed by atoms with Crippen LogP contribution in [0.15, 0.2) is 95.9 Å². The number of nitrogens with one attached hydrogen (secondary N) is 1. The van der Waals surface area contributed by atoms with Crippen molar-refractivity contribution in [2.45, 2.75) is 63.4 Å². The number of aryl methyl sites for hydroxylation is 3. The van der Waals surface area contributed by atoms with Crippen LogP contribution in [0.1, 0.15) is 70.4 Å². The number of carbonyl (C=O) groups is 1. The summed E-state index contributed by atoms with van der Waals surface area (Å²) in [5, 5.41) is 3.65. The first-order valence-electron chi connectivity index (χ1n) is 14.1. The molecule has 4 aromatic rings. The number of carbonyl (C=O) groups excluding carboxylic acids is 1. The molecule has 5 rings (SSSR count). The third-order valence-electron chi connectivity index (χ3n) is 7.80. The fourth-order valence-corrected chi connectivity index (χ4v) is 7.13. The van der Waals surface area contributed by atoms with Crippen LogP contribution in [-0.4, -0.2) is 14.3 Å². The van der Waals surface area contributed by atoms with Crippen molar-refractivity contribution in [3.05, 3.63) is 129 Å². The minimum Gasteiger partial charge on any atom is -0.345 e. The minimum absolute atomic E-state index is 0.0771. The molecule has 0 bridgehead atoms. The lowest BCUT2D eigenvalue weighted by atomic mass is 9.88. The van der Waals surface area contributed by atoms with E-state index in [0.717, 1.165) is 36.0 Å². The molecule has 1 amide bonds. The summed E-state index contributed by atoms with van der Waals surface area (Å²) in [6, 6.07) is 27.2. The first-order valence-corrected chi connectivity index (χ1v) is 15.9. The molecule has 212 valence electrons. The van der Waals surface area contributed by atoms with Gasteiger partial charge in [0.1, 0.15) is 0 Å². The first-order chi connectivity index (χ1) is 19.8. The van der Waals surface area contributed by atoms with Gasteiger partial charge in [0.2, 0.25) is 0 Å². The normalized spacial score (nSPS) is 13.7. The van der Waals surface area contributed by atoms with Crippen molar-refractivity contribution in [2.24, 2.45) is 0 Å². The van der Waals surface area contributed by atoms with Gasteiger partial charge in [-0.1, -0.05) is 73.1 Å². The predicted octanol–water partition coefficient (Wildman–Crippen LogP) is 7.80. The maximum atomic E-state index is 13.8. The molecule has 0 radical (unpaired) electrons. The minimum atomic E-state index is -3.88. The second-order valence-corrected chi connectivity index (χ2v) is 12.9. The number of amides is 1.